The van der Waals surface area contributed by atoms with E-state index in [1.807, 2.05) is 0 Å². The van der Waals surface area contributed by atoms with Crippen LogP contribution >= 0.6 is 0 Å². The molecule has 2 aromatic carbocycles. The lowest BCUT2D eigenvalue weighted by Crippen LogP contribution is -2.04. The number of aromatic nitrogens is 1. The molecule has 3 aromatic rings. The Morgan fingerprint density at radius 1 is 0.900 bits per heavy atom. The van der Waals surface area contributed by atoms with E-state index in [0.29, 0.717) is 5.57 Å². The summed E-state index contributed by atoms with van der Waals surface area (Å²) in [5.41, 5.74) is 3.98. The highest BCUT2D eigenvalue weighted by molar-refractivity contribution is 6.08. The summed E-state index contributed by atoms with van der Waals surface area (Å²) < 4.78 is 7.79. The predicted octanol–water partition coefficient (Wildman–Crippen LogP) is 7.55. The van der Waals surface area contributed by atoms with Crippen molar-refractivity contribution in [2.24, 2.45) is 0 Å². The summed E-state index contributed by atoms with van der Waals surface area (Å²) in [6.45, 7) is 8.90. The normalized spacial score (nSPS) is 11.3. The number of unbranched alkanes of at least 4 members (excludes halogenated alkanes) is 7. The van der Waals surface area contributed by atoms with Crippen molar-refractivity contribution < 1.29 is 9.53 Å². The molecule has 0 saturated carbocycles. The van der Waals surface area contributed by atoms with Gasteiger partial charge in [0, 0.05) is 33.9 Å². The molecule has 0 unspecified atom stereocenters. The van der Waals surface area contributed by atoms with Crippen LogP contribution in [0.2, 0.25) is 0 Å². The number of carbonyl (C=O) groups is 1. The summed E-state index contributed by atoms with van der Waals surface area (Å²) in [4.78, 5) is 11.7. The maximum atomic E-state index is 11.7. The van der Waals surface area contributed by atoms with Crippen molar-refractivity contribution in [2.75, 3.05) is 0 Å². The molecule has 0 aliphatic carbocycles. The number of esters is 1. The molecular formula is C27H35NO2. The minimum Gasteiger partial charge on any atom is -0.457 e. The molecule has 3 nitrogen and oxygen atoms in total. The molecule has 3 rings (SSSR count). The number of para-hydroxylation sites is 1. The minimum atomic E-state index is -0.341. The zero-order valence-corrected chi connectivity index (χ0v) is 18.6. The molecule has 1 heterocycles. The van der Waals surface area contributed by atoms with Crippen molar-refractivity contribution in [3.05, 3.63) is 60.2 Å². The molecule has 0 spiro atoms. The highest BCUT2D eigenvalue weighted by Gasteiger charge is 2.11. The number of carbonyl (C=O) groups excluding carboxylic acids is 1. The molecule has 1 aromatic heterocycles. The van der Waals surface area contributed by atoms with Crippen LogP contribution in [0.4, 0.5) is 0 Å². The molecule has 0 fully saturated rings. The first-order valence-corrected chi connectivity index (χ1v) is 11.4. The Hall–Kier alpha value is -2.55. The van der Waals surface area contributed by atoms with Crippen LogP contribution in [0, 0.1) is 0 Å². The van der Waals surface area contributed by atoms with Crippen molar-refractivity contribution in [1.29, 1.82) is 0 Å². The van der Waals surface area contributed by atoms with Gasteiger partial charge in [-0.3, -0.25) is 0 Å². The third kappa shape index (κ3) is 5.53. The van der Waals surface area contributed by atoms with Gasteiger partial charge in [0.2, 0.25) is 0 Å². The van der Waals surface area contributed by atoms with Crippen LogP contribution in [-0.2, 0) is 22.7 Å². The Bertz CT molecular complexity index is 999. The maximum absolute atomic E-state index is 11.7. The van der Waals surface area contributed by atoms with E-state index in [-0.39, 0.29) is 12.6 Å². The molecule has 160 valence electrons. The van der Waals surface area contributed by atoms with E-state index >= 15 is 0 Å². The summed E-state index contributed by atoms with van der Waals surface area (Å²) in [6.07, 6.45) is 10.6. The second-order valence-corrected chi connectivity index (χ2v) is 8.35. The van der Waals surface area contributed by atoms with Crippen molar-refractivity contribution in [3.8, 4) is 0 Å². The monoisotopic (exact) mass is 405 g/mol. The van der Waals surface area contributed by atoms with Gasteiger partial charge in [0.1, 0.15) is 6.61 Å². The molecular weight excluding hydrogens is 370 g/mol. The van der Waals surface area contributed by atoms with Crippen molar-refractivity contribution >= 4 is 27.8 Å². The Morgan fingerprint density at radius 3 is 2.30 bits per heavy atom. The highest BCUT2D eigenvalue weighted by atomic mass is 16.5. The van der Waals surface area contributed by atoms with E-state index in [0.717, 1.165) is 12.1 Å². The quantitative estimate of drug-likeness (QED) is 0.177. The molecule has 0 bridgehead atoms. The van der Waals surface area contributed by atoms with Gasteiger partial charge in [-0.15, -0.1) is 0 Å². The molecule has 0 radical (unpaired) electrons. The van der Waals surface area contributed by atoms with Gasteiger partial charge in [-0.2, -0.15) is 0 Å². The van der Waals surface area contributed by atoms with E-state index in [2.05, 4.69) is 60.5 Å². The van der Waals surface area contributed by atoms with Gasteiger partial charge in [0.15, 0.2) is 0 Å². The van der Waals surface area contributed by atoms with E-state index in [1.165, 1.54) is 73.2 Å². The van der Waals surface area contributed by atoms with Crippen LogP contribution in [-0.4, -0.2) is 10.5 Å². The molecule has 0 saturated heterocycles. The number of fused-ring (bicyclic) bond motifs is 3. The van der Waals surface area contributed by atoms with E-state index in [1.54, 1.807) is 6.92 Å². The van der Waals surface area contributed by atoms with Gasteiger partial charge < -0.3 is 9.30 Å². The van der Waals surface area contributed by atoms with Gasteiger partial charge >= 0.3 is 5.97 Å². The third-order valence-electron chi connectivity index (χ3n) is 5.79. The number of benzene rings is 2. The van der Waals surface area contributed by atoms with Gasteiger partial charge in [0.05, 0.1) is 0 Å². The fraction of sp³-hybridized carbons (Fsp3) is 0.444. The van der Waals surface area contributed by atoms with Crippen LogP contribution < -0.4 is 0 Å². The number of nitrogens with zero attached hydrogens (tertiary/aromatic N) is 1. The molecule has 3 heteroatoms. The zero-order valence-electron chi connectivity index (χ0n) is 18.6. The highest BCUT2D eigenvalue weighted by Crippen LogP contribution is 2.30. The Balaban J connectivity index is 1.69. The average Bonchev–Trinajstić information content (AvgIpc) is 3.07. The van der Waals surface area contributed by atoms with Crippen molar-refractivity contribution in [2.45, 2.75) is 78.4 Å². The third-order valence-corrected chi connectivity index (χ3v) is 5.79. The number of hydrogen-bond acceptors (Lipinski definition) is 2. The summed E-state index contributed by atoms with van der Waals surface area (Å²) >= 11 is 0. The lowest BCUT2D eigenvalue weighted by Gasteiger charge is -2.08. The lowest BCUT2D eigenvalue weighted by atomic mass is 10.1. The topological polar surface area (TPSA) is 31.2 Å². The van der Waals surface area contributed by atoms with Crippen molar-refractivity contribution in [3.63, 3.8) is 0 Å². The number of rotatable bonds is 12. The van der Waals surface area contributed by atoms with E-state index in [4.69, 9.17) is 4.74 Å². The van der Waals surface area contributed by atoms with Gasteiger partial charge in [-0.1, -0.05) is 82.7 Å². The number of ether oxygens (including phenoxy) is 1. The van der Waals surface area contributed by atoms with Crippen LogP contribution in [0.1, 0.15) is 70.8 Å². The first-order valence-electron chi connectivity index (χ1n) is 11.4. The molecule has 30 heavy (non-hydrogen) atoms. The SMILES string of the molecule is C=C(C)C(=O)OCc1ccc2c(c1)c1ccccc1n2CCCCCCCCCC. The van der Waals surface area contributed by atoms with Crippen LogP contribution in [0.3, 0.4) is 0 Å². The smallest absolute Gasteiger partial charge is 0.333 e. The van der Waals surface area contributed by atoms with Gasteiger partial charge in [-0.05, 0) is 37.1 Å². The van der Waals surface area contributed by atoms with Gasteiger partial charge in [0.25, 0.3) is 0 Å². The summed E-state index contributed by atoms with van der Waals surface area (Å²) in [5.74, 6) is -0.341. The average molecular weight is 406 g/mol. The fourth-order valence-electron chi connectivity index (χ4n) is 4.11. The molecule has 0 N–H and O–H groups in total. The van der Waals surface area contributed by atoms with Crippen LogP contribution in [0.5, 0.6) is 0 Å². The Labute approximate surface area is 180 Å². The first kappa shape index (κ1) is 22.1. The molecule has 0 amide bonds. The van der Waals surface area contributed by atoms with Crippen LogP contribution in [0.25, 0.3) is 21.8 Å². The summed E-state index contributed by atoms with van der Waals surface area (Å²) in [5, 5.41) is 2.49. The van der Waals surface area contributed by atoms with E-state index < -0.39 is 0 Å². The van der Waals surface area contributed by atoms with Crippen molar-refractivity contribution in [1.82, 2.24) is 4.57 Å². The predicted molar refractivity (Wildman–Crippen MR) is 127 cm³/mol. The number of aryl methyl sites for hydroxylation is 1. The molecule has 0 aliphatic heterocycles. The second-order valence-electron chi connectivity index (χ2n) is 8.35. The summed E-state index contributed by atoms with van der Waals surface area (Å²) in [7, 11) is 0. The minimum absolute atomic E-state index is 0.277. The van der Waals surface area contributed by atoms with E-state index in [9.17, 15) is 4.79 Å². The summed E-state index contributed by atoms with van der Waals surface area (Å²) in [6, 6.07) is 15.0. The maximum Gasteiger partial charge on any atom is 0.333 e. The van der Waals surface area contributed by atoms with Crippen LogP contribution in [0.15, 0.2) is 54.6 Å². The fourth-order valence-corrected chi connectivity index (χ4v) is 4.11. The Kier molecular flexibility index (Phi) is 8.12. The molecule has 0 atom stereocenters. The largest absolute Gasteiger partial charge is 0.457 e. The number of hydrogen-bond donors (Lipinski definition) is 0. The zero-order chi connectivity index (χ0) is 21.3. The standard InChI is InChI=1S/C27H35NO2/c1-4-5-6-7-8-9-10-13-18-28-25-15-12-11-14-23(25)24-19-22(16-17-26(24)28)20-30-27(29)21(2)3/h11-12,14-17,19H,2,4-10,13,18,20H2,1,3H3. The van der Waals surface area contributed by atoms with Gasteiger partial charge in [-0.25, -0.2) is 4.79 Å². The lowest BCUT2D eigenvalue weighted by molar-refractivity contribution is -0.140. The molecule has 0 aliphatic rings. The second kappa shape index (κ2) is 11.0. The first-order chi connectivity index (χ1) is 14.6. The Morgan fingerprint density at radius 2 is 1.57 bits per heavy atom.